The third kappa shape index (κ3) is 4.35. The quantitative estimate of drug-likeness (QED) is 0.826. The molecule has 0 saturated heterocycles. The van der Waals surface area contributed by atoms with Gasteiger partial charge in [0.15, 0.2) is 9.84 Å². The SMILES string of the molecule is CCCCc1nnc(NC(=O)c2ccccc2S(=O)(=O)CC)s1. The lowest BCUT2D eigenvalue weighted by Gasteiger charge is -2.08. The van der Waals surface area contributed by atoms with Crippen molar-refractivity contribution in [3.8, 4) is 0 Å². The van der Waals surface area contributed by atoms with E-state index in [9.17, 15) is 13.2 Å². The second kappa shape index (κ2) is 7.65. The Kier molecular flexibility index (Phi) is 5.84. The van der Waals surface area contributed by atoms with Gasteiger partial charge in [0.05, 0.1) is 16.2 Å². The second-order valence-corrected chi connectivity index (χ2v) is 8.27. The number of hydrogen-bond donors (Lipinski definition) is 1. The van der Waals surface area contributed by atoms with E-state index in [0.717, 1.165) is 24.3 Å². The molecule has 23 heavy (non-hydrogen) atoms. The van der Waals surface area contributed by atoms with E-state index in [4.69, 9.17) is 0 Å². The maximum atomic E-state index is 12.4. The molecule has 1 N–H and O–H groups in total. The Morgan fingerprint density at radius 3 is 2.65 bits per heavy atom. The monoisotopic (exact) mass is 353 g/mol. The summed E-state index contributed by atoms with van der Waals surface area (Å²) in [5, 5.41) is 11.8. The van der Waals surface area contributed by atoms with E-state index in [1.807, 2.05) is 0 Å². The second-order valence-electron chi connectivity index (χ2n) is 4.96. The van der Waals surface area contributed by atoms with Crippen molar-refractivity contribution in [3.05, 3.63) is 34.8 Å². The molecular formula is C15H19N3O3S2. The Hall–Kier alpha value is -1.80. The number of carbonyl (C=O) groups excluding carboxylic acids is 1. The first kappa shape index (κ1) is 17.6. The maximum absolute atomic E-state index is 12.4. The van der Waals surface area contributed by atoms with Gasteiger partial charge in [-0.3, -0.25) is 10.1 Å². The van der Waals surface area contributed by atoms with Gasteiger partial charge in [0.25, 0.3) is 5.91 Å². The molecule has 8 heteroatoms. The van der Waals surface area contributed by atoms with Crippen LogP contribution in [0.1, 0.15) is 42.1 Å². The fraction of sp³-hybridized carbons (Fsp3) is 0.400. The van der Waals surface area contributed by atoms with E-state index in [1.165, 1.54) is 23.5 Å². The Morgan fingerprint density at radius 1 is 1.22 bits per heavy atom. The lowest BCUT2D eigenvalue weighted by atomic mass is 10.2. The zero-order valence-corrected chi connectivity index (χ0v) is 14.7. The van der Waals surface area contributed by atoms with Crippen molar-refractivity contribution in [1.82, 2.24) is 10.2 Å². The highest BCUT2D eigenvalue weighted by Crippen LogP contribution is 2.21. The number of amides is 1. The standard InChI is InChI=1S/C15H19N3O3S2/c1-3-5-10-13-17-18-15(22-13)16-14(19)11-8-6-7-9-12(11)23(20,21)4-2/h6-9H,3-5,10H2,1-2H3,(H,16,18,19). The Bertz CT molecular complexity index is 785. The van der Waals surface area contributed by atoms with Gasteiger partial charge < -0.3 is 0 Å². The molecule has 1 amide bonds. The number of hydrogen-bond acceptors (Lipinski definition) is 6. The molecule has 124 valence electrons. The van der Waals surface area contributed by atoms with E-state index in [2.05, 4.69) is 22.4 Å². The topological polar surface area (TPSA) is 89.0 Å². The minimum Gasteiger partial charge on any atom is -0.296 e. The van der Waals surface area contributed by atoms with Crippen molar-refractivity contribution in [3.63, 3.8) is 0 Å². The van der Waals surface area contributed by atoms with Crippen molar-refractivity contribution in [2.45, 2.75) is 38.0 Å². The predicted molar refractivity (Wildman–Crippen MR) is 90.6 cm³/mol. The van der Waals surface area contributed by atoms with Crippen LogP contribution in [0, 0.1) is 0 Å². The molecule has 1 aromatic carbocycles. The van der Waals surface area contributed by atoms with Crippen molar-refractivity contribution >= 4 is 32.2 Å². The van der Waals surface area contributed by atoms with Crippen LogP contribution < -0.4 is 5.32 Å². The lowest BCUT2D eigenvalue weighted by molar-refractivity contribution is 0.102. The molecule has 0 unspecified atom stereocenters. The van der Waals surface area contributed by atoms with Crippen LogP contribution in [0.15, 0.2) is 29.2 Å². The summed E-state index contributed by atoms with van der Waals surface area (Å²) < 4.78 is 24.2. The molecular weight excluding hydrogens is 334 g/mol. The summed E-state index contributed by atoms with van der Waals surface area (Å²) >= 11 is 1.31. The van der Waals surface area contributed by atoms with Crippen LogP contribution in [0.4, 0.5) is 5.13 Å². The lowest BCUT2D eigenvalue weighted by Crippen LogP contribution is -2.17. The van der Waals surface area contributed by atoms with E-state index in [0.29, 0.717) is 5.13 Å². The predicted octanol–water partition coefficient (Wildman–Crippen LogP) is 2.93. The van der Waals surface area contributed by atoms with Gasteiger partial charge in [0, 0.05) is 6.42 Å². The van der Waals surface area contributed by atoms with Gasteiger partial charge >= 0.3 is 0 Å². The summed E-state index contributed by atoms with van der Waals surface area (Å²) in [7, 11) is -3.47. The molecule has 6 nitrogen and oxygen atoms in total. The number of unbranched alkanes of at least 4 members (excludes halogenated alkanes) is 1. The van der Waals surface area contributed by atoms with E-state index < -0.39 is 15.7 Å². The van der Waals surface area contributed by atoms with Crippen LogP contribution in [0.2, 0.25) is 0 Å². The van der Waals surface area contributed by atoms with Crippen molar-refractivity contribution in [1.29, 1.82) is 0 Å². The fourth-order valence-electron chi connectivity index (χ4n) is 1.98. The molecule has 0 saturated carbocycles. The molecule has 0 aliphatic carbocycles. The van der Waals surface area contributed by atoms with Crippen LogP contribution in [0.25, 0.3) is 0 Å². The summed E-state index contributed by atoms with van der Waals surface area (Å²) in [5.41, 5.74) is 0.125. The van der Waals surface area contributed by atoms with Gasteiger partial charge in [-0.15, -0.1) is 10.2 Å². The fourth-order valence-corrected chi connectivity index (χ4v) is 3.85. The van der Waals surface area contributed by atoms with E-state index in [-0.39, 0.29) is 16.2 Å². The molecule has 0 bridgehead atoms. The first-order valence-electron chi connectivity index (χ1n) is 7.43. The molecule has 0 spiro atoms. The Labute approximate surface area is 139 Å². The maximum Gasteiger partial charge on any atom is 0.258 e. The highest BCUT2D eigenvalue weighted by Gasteiger charge is 2.21. The number of anilines is 1. The first-order valence-corrected chi connectivity index (χ1v) is 9.90. The number of rotatable bonds is 7. The van der Waals surface area contributed by atoms with Crippen molar-refractivity contribution in [2.24, 2.45) is 0 Å². The Balaban J connectivity index is 2.20. The van der Waals surface area contributed by atoms with Crippen LogP contribution in [0.3, 0.4) is 0 Å². The highest BCUT2D eigenvalue weighted by atomic mass is 32.2. The third-order valence-corrected chi connectivity index (χ3v) is 5.96. The molecule has 0 atom stereocenters. The summed E-state index contributed by atoms with van der Waals surface area (Å²) in [6.07, 6.45) is 2.90. The Morgan fingerprint density at radius 2 is 1.96 bits per heavy atom. The molecule has 0 aliphatic heterocycles. The number of aryl methyl sites for hydroxylation is 1. The average Bonchev–Trinajstić information content (AvgIpc) is 3.00. The molecule has 0 aliphatic rings. The minimum absolute atomic E-state index is 0.0377. The first-order chi connectivity index (χ1) is 11.0. The summed E-state index contributed by atoms with van der Waals surface area (Å²) in [6.45, 7) is 3.64. The average molecular weight is 353 g/mol. The van der Waals surface area contributed by atoms with Crippen LogP contribution in [-0.2, 0) is 16.3 Å². The van der Waals surface area contributed by atoms with Crippen molar-refractivity contribution < 1.29 is 13.2 Å². The third-order valence-electron chi connectivity index (χ3n) is 3.28. The number of aromatic nitrogens is 2. The van der Waals surface area contributed by atoms with Gasteiger partial charge in [-0.25, -0.2) is 8.42 Å². The molecule has 0 radical (unpaired) electrons. The van der Waals surface area contributed by atoms with Crippen LogP contribution in [-0.4, -0.2) is 30.3 Å². The molecule has 0 fully saturated rings. The van der Waals surface area contributed by atoms with Crippen molar-refractivity contribution in [2.75, 3.05) is 11.1 Å². The minimum atomic E-state index is -3.47. The molecule has 2 aromatic rings. The normalized spacial score (nSPS) is 11.4. The van der Waals surface area contributed by atoms with E-state index in [1.54, 1.807) is 19.1 Å². The van der Waals surface area contributed by atoms with Gasteiger partial charge in [-0.2, -0.15) is 0 Å². The number of nitrogens with zero attached hydrogens (tertiary/aromatic N) is 2. The van der Waals surface area contributed by atoms with Crippen LogP contribution >= 0.6 is 11.3 Å². The summed E-state index contributed by atoms with van der Waals surface area (Å²) in [5.74, 6) is -0.548. The van der Waals surface area contributed by atoms with E-state index >= 15 is 0 Å². The zero-order valence-electron chi connectivity index (χ0n) is 13.1. The van der Waals surface area contributed by atoms with Gasteiger partial charge in [0.1, 0.15) is 5.01 Å². The number of nitrogens with one attached hydrogen (secondary N) is 1. The molecule has 2 rings (SSSR count). The van der Waals surface area contributed by atoms with Gasteiger partial charge in [-0.05, 0) is 18.6 Å². The van der Waals surface area contributed by atoms with Gasteiger partial charge in [0.2, 0.25) is 5.13 Å². The summed E-state index contributed by atoms with van der Waals surface area (Å²) in [6, 6.07) is 6.18. The number of benzene rings is 1. The highest BCUT2D eigenvalue weighted by molar-refractivity contribution is 7.91. The molecule has 1 aromatic heterocycles. The zero-order chi connectivity index (χ0) is 16.9. The number of sulfone groups is 1. The van der Waals surface area contributed by atoms with Crippen LogP contribution in [0.5, 0.6) is 0 Å². The summed E-state index contributed by atoms with van der Waals surface area (Å²) in [4.78, 5) is 12.4. The molecule has 1 heterocycles. The number of carbonyl (C=O) groups is 1. The van der Waals surface area contributed by atoms with Gasteiger partial charge in [-0.1, -0.05) is 43.7 Å². The smallest absolute Gasteiger partial charge is 0.258 e. The largest absolute Gasteiger partial charge is 0.296 e.